The van der Waals surface area contributed by atoms with Crippen molar-refractivity contribution in [3.8, 4) is 0 Å². The predicted octanol–water partition coefficient (Wildman–Crippen LogP) is 2.36. The second-order valence-electron chi connectivity index (χ2n) is 7.00. The summed E-state index contributed by atoms with van der Waals surface area (Å²) in [6, 6.07) is 1.87. The van der Waals surface area contributed by atoms with Crippen molar-refractivity contribution < 1.29 is 14.3 Å². The predicted molar refractivity (Wildman–Crippen MR) is 87.3 cm³/mol. The molecule has 0 radical (unpaired) electrons. The summed E-state index contributed by atoms with van der Waals surface area (Å²) in [7, 11) is 1.36. The van der Waals surface area contributed by atoms with E-state index in [2.05, 4.69) is 10.4 Å². The number of likely N-dealkylation sites (tertiary alicyclic amines) is 1. The molecule has 1 aromatic heterocycles. The molecule has 1 atom stereocenters. The van der Waals surface area contributed by atoms with E-state index in [0.29, 0.717) is 18.9 Å². The van der Waals surface area contributed by atoms with Crippen molar-refractivity contribution in [2.45, 2.75) is 46.1 Å². The van der Waals surface area contributed by atoms with Crippen LogP contribution in [-0.4, -0.2) is 46.9 Å². The van der Waals surface area contributed by atoms with E-state index in [1.807, 2.05) is 38.4 Å². The molecule has 0 spiro atoms. The summed E-state index contributed by atoms with van der Waals surface area (Å²) in [5.41, 5.74) is 0.636. The minimum atomic E-state index is -0.377. The van der Waals surface area contributed by atoms with Crippen LogP contribution in [0.5, 0.6) is 0 Å². The molecule has 1 aliphatic heterocycles. The fourth-order valence-corrected chi connectivity index (χ4v) is 2.81. The smallest absolute Gasteiger partial charge is 0.409 e. The summed E-state index contributed by atoms with van der Waals surface area (Å²) in [6.45, 7) is 9.03. The van der Waals surface area contributed by atoms with E-state index >= 15 is 0 Å². The molecule has 1 aliphatic rings. The third-order valence-electron chi connectivity index (χ3n) is 3.94. The third kappa shape index (κ3) is 4.03. The van der Waals surface area contributed by atoms with Crippen molar-refractivity contribution >= 4 is 17.8 Å². The molecule has 0 saturated carbocycles. The zero-order chi connectivity index (χ0) is 17.2. The minimum Gasteiger partial charge on any atom is -0.453 e. The Kier molecular flexibility index (Phi) is 4.97. The Morgan fingerprint density at radius 3 is 2.70 bits per heavy atom. The molecule has 1 aromatic rings. The Labute approximate surface area is 137 Å². The van der Waals surface area contributed by atoms with E-state index < -0.39 is 0 Å². The number of amides is 2. The van der Waals surface area contributed by atoms with Gasteiger partial charge in [-0.2, -0.15) is 5.10 Å². The molecule has 7 nitrogen and oxygen atoms in total. The van der Waals surface area contributed by atoms with E-state index in [1.54, 1.807) is 4.90 Å². The number of anilines is 1. The van der Waals surface area contributed by atoms with Gasteiger partial charge in [0.25, 0.3) is 0 Å². The molecule has 23 heavy (non-hydrogen) atoms. The van der Waals surface area contributed by atoms with Gasteiger partial charge in [-0.15, -0.1) is 0 Å². The van der Waals surface area contributed by atoms with Gasteiger partial charge in [-0.05, 0) is 40.5 Å². The van der Waals surface area contributed by atoms with Gasteiger partial charge in [-0.3, -0.25) is 4.79 Å². The van der Waals surface area contributed by atoms with Crippen molar-refractivity contribution in [1.82, 2.24) is 14.7 Å². The van der Waals surface area contributed by atoms with Crippen LogP contribution in [0.25, 0.3) is 0 Å². The fourth-order valence-electron chi connectivity index (χ4n) is 2.81. The normalized spacial score (nSPS) is 18.7. The van der Waals surface area contributed by atoms with Crippen LogP contribution < -0.4 is 5.32 Å². The number of piperidine rings is 1. The Hall–Kier alpha value is -2.05. The zero-order valence-electron chi connectivity index (χ0n) is 14.5. The van der Waals surface area contributed by atoms with Crippen molar-refractivity contribution in [3.05, 3.63) is 11.8 Å². The Balaban J connectivity index is 2.09. The summed E-state index contributed by atoms with van der Waals surface area (Å²) in [5.74, 6) is 0.380. The number of hydrogen-bond acceptors (Lipinski definition) is 4. The summed E-state index contributed by atoms with van der Waals surface area (Å²) < 4.78 is 6.56. The van der Waals surface area contributed by atoms with Crippen LogP contribution in [0.4, 0.5) is 10.6 Å². The van der Waals surface area contributed by atoms with Crippen molar-refractivity contribution in [3.63, 3.8) is 0 Å². The van der Waals surface area contributed by atoms with Crippen LogP contribution in [0.15, 0.2) is 6.07 Å². The topological polar surface area (TPSA) is 76.5 Å². The molecule has 7 heteroatoms. The standard InChI is InChI=1S/C16H26N4O3/c1-11-9-13(20(18-11)16(2,3)4)17-14(21)12-7-6-8-19(10-12)15(22)23-5/h9,12H,6-8,10H2,1-5H3,(H,17,21). The Bertz CT molecular complexity index is 589. The molecule has 1 N–H and O–H groups in total. The van der Waals surface area contributed by atoms with Gasteiger partial charge >= 0.3 is 6.09 Å². The number of methoxy groups -OCH3 is 1. The van der Waals surface area contributed by atoms with Crippen LogP contribution in [0.1, 0.15) is 39.3 Å². The number of rotatable bonds is 2. The number of aromatic nitrogens is 2. The molecule has 1 fully saturated rings. The summed E-state index contributed by atoms with van der Waals surface area (Å²) in [4.78, 5) is 25.8. The van der Waals surface area contributed by atoms with Crippen LogP contribution in [0.3, 0.4) is 0 Å². The number of nitrogens with zero attached hydrogens (tertiary/aromatic N) is 3. The lowest BCUT2D eigenvalue weighted by Gasteiger charge is -2.31. The van der Waals surface area contributed by atoms with Crippen molar-refractivity contribution in [2.75, 3.05) is 25.5 Å². The molecule has 2 rings (SSSR count). The highest BCUT2D eigenvalue weighted by Crippen LogP contribution is 2.23. The molecule has 2 amide bonds. The second kappa shape index (κ2) is 6.60. The number of carbonyl (C=O) groups is 2. The van der Waals surface area contributed by atoms with E-state index in [9.17, 15) is 9.59 Å². The first-order valence-corrected chi connectivity index (χ1v) is 7.93. The average molecular weight is 322 g/mol. The Morgan fingerprint density at radius 1 is 1.39 bits per heavy atom. The van der Waals surface area contributed by atoms with Gasteiger partial charge in [0.15, 0.2) is 0 Å². The first kappa shape index (κ1) is 17.3. The lowest BCUT2D eigenvalue weighted by molar-refractivity contribution is -0.121. The molecular weight excluding hydrogens is 296 g/mol. The van der Waals surface area contributed by atoms with Gasteiger partial charge < -0.3 is 15.0 Å². The van der Waals surface area contributed by atoms with E-state index in [0.717, 1.165) is 18.5 Å². The number of hydrogen-bond donors (Lipinski definition) is 1. The quantitative estimate of drug-likeness (QED) is 0.907. The monoisotopic (exact) mass is 322 g/mol. The second-order valence-corrected chi connectivity index (χ2v) is 7.00. The molecule has 1 saturated heterocycles. The number of carbonyl (C=O) groups excluding carboxylic acids is 2. The largest absolute Gasteiger partial charge is 0.453 e. The van der Waals surface area contributed by atoms with Gasteiger partial charge in [-0.25, -0.2) is 9.48 Å². The highest BCUT2D eigenvalue weighted by atomic mass is 16.5. The van der Waals surface area contributed by atoms with Crippen molar-refractivity contribution in [2.24, 2.45) is 5.92 Å². The van der Waals surface area contributed by atoms with Gasteiger partial charge in [0.2, 0.25) is 5.91 Å². The van der Waals surface area contributed by atoms with Gasteiger partial charge in [0.05, 0.1) is 24.3 Å². The van der Waals surface area contributed by atoms with E-state index in [4.69, 9.17) is 4.74 Å². The molecule has 0 aromatic carbocycles. The number of aryl methyl sites for hydroxylation is 1. The summed E-state index contributed by atoms with van der Waals surface area (Å²) in [5, 5.41) is 7.42. The maximum absolute atomic E-state index is 12.6. The third-order valence-corrected chi connectivity index (χ3v) is 3.94. The van der Waals surface area contributed by atoms with E-state index in [-0.39, 0.29) is 23.5 Å². The average Bonchev–Trinajstić information content (AvgIpc) is 2.87. The van der Waals surface area contributed by atoms with Gasteiger partial charge in [-0.1, -0.05) is 0 Å². The molecule has 0 aliphatic carbocycles. The first-order valence-electron chi connectivity index (χ1n) is 7.93. The van der Waals surface area contributed by atoms with Gasteiger partial charge in [0.1, 0.15) is 5.82 Å². The van der Waals surface area contributed by atoms with Crippen LogP contribution >= 0.6 is 0 Å². The molecule has 1 unspecified atom stereocenters. The molecule has 2 heterocycles. The lowest BCUT2D eigenvalue weighted by atomic mass is 9.97. The fraction of sp³-hybridized carbons (Fsp3) is 0.688. The van der Waals surface area contributed by atoms with Crippen LogP contribution in [0, 0.1) is 12.8 Å². The minimum absolute atomic E-state index is 0.0796. The molecular formula is C16H26N4O3. The SMILES string of the molecule is COC(=O)N1CCCC(C(=O)Nc2cc(C)nn2C(C)(C)C)C1. The van der Waals surface area contributed by atoms with Gasteiger partial charge in [0, 0.05) is 19.2 Å². The number of ether oxygens (including phenoxy) is 1. The van der Waals surface area contributed by atoms with Crippen LogP contribution in [0.2, 0.25) is 0 Å². The molecule has 128 valence electrons. The summed E-state index contributed by atoms with van der Waals surface area (Å²) in [6.07, 6.45) is 1.19. The zero-order valence-corrected chi connectivity index (χ0v) is 14.5. The lowest BCUT2D eigenvalue weighted by Crippen LogP contribution is -2.44. The van der Waals surface area contributed by atoms with E-state index in [1.165, 1.54) is 7.11 Å². The maximum Gasteiger partial charge on any atom is 0.409 e. The maximum atomic E-state index is 12.6. The Morgan fingerprint density at radius 2 is 2.09 bits per heavy atom. The van der Waals surface area contributed by atoms with Crippen molar-refractivity contribution in [1.29, 1.82) is 0 Å². The first-order chi connectivity index (χ1) is 10.7. The highest BCUT2D eigenvalue weighted by molar-refractivity contribution is 5.92. The highest BCUT2D eigenvalue weighted by Gasteiger charge is 2.30. The summed E-state index contributed by atoms with van der Waals surface area (Å²) >= 11 is 0. The number of nitrogens with one attached hydrogen (secondary N) is 1. The van der Waals surface area contributed by atoms with Crippen LogP contribution in [-0.2, 0) is 15.1 Å². The molecule has 0 bridgehead atoms.